The Labute approximate surface area is 129 Å². The molecule has 0 radical (unpaired) electrons. The fraction of sp³-hybridized carbons (Fsp3) is 0.562. The lowest BCUT2D eigenvalue weighted by molar-refractivity contribution is -0.121. The van der Waals surface area contributed by atoms with Crippen molar-refractivity contribution in [2.24, 2.45) is 0 Å². The van der Waals surface area contributed by atoms with Gasteiger partial charge in [0.15, 0.2) is 0 Å². The maximum absolute atomic E-state index is 11.8. The highest BCUT2D eigenvalue weighted by Gasteiger charge is 2.45. The molecule has 0 saturated heterocycles. The van der Waals surface area contributed by atoms with E-state index < -0.39 is 0 Å². The number of amides is 1. The first kappa shape index (κ1) is 15.5. The molecule has 0 heterocycles. The molecule has 0 aliphatic heterocycles. The van der Waals surface area contributed by atoms with E-state index >= 15 is 0 Å². The van der Waals surface area contributed by atoms with Gasteiger partial charge in [-0.05, 0) is 37.3 Å². The number of methoxy groups -OCH3 is 1. The minimum atomic E-state index is 0.152. The standard InChI is InChI=1S/C16H22BrNO2/c1-20-11-5-4-8-15(19)18-12-16(9-10-16)13-6-2-3-7-14(13)17/h2-3,6-7H,4-5,8-12H2,1H3,(H,18,19). The Balaban J connectivity index is 1.79. The Bertz CT molecular complexity index is 458. The molecule has 0 unspecified atom stereocenters. The third kappa shape index (κ3) is 4.06. The second-order valence-electron chi connectivity index (χ2n) is 5.49. The molecule has 20 heavy (non-hydrogen) atoms. The lowest BCUT2D eigenvalue weighted by atomic mass is 9.96. The number of halogens is 1. The van der Waals surface area contributed by atoms with Crippen molar-refractivity contribution >= 4 is 21.8 Å². The first-order valence-corrected chi connectivity index (χ1v) is 7.98. The van der Waals surface area contributed by atoms with Gasteiger partial charge in [-0.2, -0.15) is 0 Å². The Morgan fingerprint density at radius 1 is 1.35 bits per heavy atom. The Hall–Kier alpha value is -0.870. The maximum Gasteiger partial charge on any atom is 0.220 e. The van der Waals surface area contributed by atoms with Crippen LogP contribution in [0.25, 0.3) is 0 Å². The lowest BCUT2D eigenvalue weighted by Gasteiger charge is -2.18. The molecule has 1 N–H and O–H groups in total. The molecule has 0 bridgehead atoms. The van der Waals surface area contributed by atoms with Gasteiger partial charge in [-0.1, -0.05) is 34.1 Å². The van der Waals surface area contributed by atoms with Gasteiger partial charge >= 0.3 is 0 Å². The number of ether oxygens (including phenoxy) is 1. The van der Waals surface area contributed by atoms with E-state index in [2.05, 4.69) is 39.4 Å². The van der Waals surface area contributed by atoms with E-state index in [0.29, 0.717) is 6.42 Å². The molecule has 1 amide bonds. The molecule has 0 spiro atoms. The van der Waals surface area contributed by atoms with Crippen LogP contribution in [0, 0.1) is 0 Å². The van der Waals surface area contributed by atoms with E-state index in [1.165, 1.54) is 5.56 Å². The summed E-state index contributed by atoms with van der Waals surface area (Å²) in [6.45, 7) is 1.48. The number of benzene rings is 1. The van der Waals surface area contributed by atoms with Crippen molar-refractivity contribution in [2.75, 3.05) is 20.3 Å². The van der Waals surface area contributed by atoms with Crippen molar-refractivity contribution in [1.82, 2.24) is 5.32 Å². The number of hydrogen-bond acceptors (Lipinski definition) is 2. The van der Waals surface area contributed by atoms with Crippen LogP contribution < -0.4 is 5.32 Å². The maximum atomic E-state index is 11.8. The summed E-state index contributed by atoms with van der Waals surface area (Å²) in [7, 11) is 1.69. The van der Waals surface area contributed by atoms with Gasteiger partial charge in [0, 0.05) is 36.6 Å². The fourth-order valence-corrected chi connectivity index (χ4v) is 3.18. The number of rotatable bonds is 8. The van der Waals surface area contributed by atoms with Gasteiger partial charge in [-0.25, -0.2) is 0 Å². The zero-order chi connectivity index (χ0) is 14.4. The molecular formula is C16H22BrNO2. The predicted octanol–water partition coefficient (Wildman–Crippen LogP) is 3.41. The first-order valence-electron chi connectivity index (χ1n) is 7.19. The number of carbonyl (C=O) groups is 1. The molecule has 3 nitrogen and oxygen atoms in total. The Kier molecular flexibility index (Phi) is 5.61. The van der Waals surface area contributed by atoms with Crippen molar-refractivity contribution in [3.63, 3.8) is 0 Å². The second-order valence-corrected chi connectivity index (χ2v) is 6.34. The highest BCUT2D eigenvalue weighted by molar-refractivity contribution is 9.10. The van der Waals surface area contributed by atoms with Crippen LogP contribution >= 0.6 is 15.9 Å². The van der Waals surface area contributed by atoms with Crippen molar-refractivity contribution in [3.8, 4) is 0 Å². The van der Waals surface area contributed by atoms with Crippen LogP contribution in [-0.4, -0.2) is 26.2 Å². The highest BCUT2D eigenvalue weighted by atomic mass is 79.9. The topological polar surface area (TPSA) is 38.3 Å². The average molecular weight is 340 g/mol. The molecule has 1 aromatic carbocycles. The molecule has 4 heteroatoms. The van der Waals surface area contributed by atoms with Crippen LogP contribution in [0.15, 0.2) is 28.7 Å². The van der Waals surface area contributed by atoms with Crippen molar-refractivity contribution in [1.29, 1.82) is 0 Å². The molecule has 0 aromatic heterocycles. The van der Waals surface area contributed by atoms with E-state index in [9.17, 15) is 4.79 Å². The quantitative estimate of drug-likeness (QED) is 0.737. The van der Waals surface area contributed by atoms with Crippen LogP contribution in [0.5, 0.6) is 0 Å². The van der Waals surface area contributed by atoms with Gasteiger partial charge < -0.3 is 10.1 Å². The van der Waals surface area contributed by atoms with Crippen LogP contribution in [0.1, 0.15) is 37.7 Å². The SMILES string of the molecule is COCCCCC(=O)NCC1(c2ccccc2Br)CC1. The predicted molar refractivity (Wildman–Crippen MR) is 83.8 cm³/mol. The Morgan fingerprint density at radius 3 is 2.75 bits per heavy atom. The van der Waals surface area contributed by atoms with Gasteiger partial charge in [-0.15, -0.1) is 0 Å². The molecule has 1 aliphatic rings. The normalized spacial score (nSPS) is 15.9. The largest absolute Gasteiger partial charge is 0.385 e. The second kappa shape index (κ2) is 7.23. The van der Waals surface area contributed by atoms with E-state index in [1.807, 2.05) is 6.07 Å². The third-order valence-corrected chi connectivity index (χ3v) is 4.62. The van der Waals surface area contributed by atoms with Crippen LogP contribution in [-0.2, 0) is 14.9 Å². The third-order valence-electron chi connectivity index (χ3n) is 3.93. The van der Waals surface area contributed by atoms with Crippen LogP contribution in [0.4, 0.5) is 0 Å². The van der Waals surface area contributed by atoms with E-state index in [-0.39, 0.29) is 11.3 Å². The summed E-state index contributed by atoms with van der Waals surface area (Å²) in [4.78, 5) is 11.8. The molecule has 0 atom stereocenters. The minimum absolute atomic E-state index is 0.152. The zero-order valence-corrected chi connectivity index (χ0v) is 13.5. The number of carbonyl (C=O) groups excluding carboxylic acids is 1. The van der Waals surface area contributed by atoms with E-state index in [0.717, 1.165) is 43.3 Å². The molecule has 1 saturated carbocycles. The molecule has 1 aliphatic carbocycles. The average Bonchev–Trinajstić information content (AvgIpc) is 3.23. The van der Waals surface area contributed by atoms with Crippen molar-refractivity contribution in [3.05, 3.63) is 34.3 Å². The molecule has 110 valence electrons. The first-order chi connectivity index (χ1) is 9.68. The van der Waals surface area contributed by atoms with E-state index in [4.69, 9.17) is 4.74 Å². The summed E-state index contributed by atoms with van der Waals surface area (Å²) in [5, 5.41) is 3.09. The summed E-state index contributed by atoms with van der Waals surface area (Å²) in [5.74, 6) is 0.152. The van der Waals surface area contributed by atoms with E-state index in [1.54, 1.807) is 7.11 Å². The van der Waals surface area contributed by atoms with Gasteiger partial charge in [0.05, 0.1) is 0 Å². The van der Waals surface area contributed by atoms with Crippen molar-refractivity contribution < 1.29 is 9.53 Å². The minimum Gasteiger partial charge on any atom is -0.385 e. The van der Waals surface area contributed by atoms with Crippen LogP contribution in [0.3, 0.4) is 0 Å². The number of nitrogens with one attached hydrogen (secondary N) is 1. The summed E-state index contributed by atoms with van der Waals surface area (Å²) in [6.07, 6.45) is 4.73. The highest BCUT2D eigenvalue weighted by Crippen LogP contribution is 2.49. The zero-order valence-electron chi connectivity index (χ0n) is 12.0. The van der Waals surface area contributed by atoms with Gasteiger partial charge in [-0.3, -0.25) is 4.79 Å². The van der Waals surface area contributed by atoms with Gasteiger partial charge in [0.25, 0.3) is 0 Å². The summed E-state index contributed by atoms with van der Waals surface area (Å²) < 4.78 is 6.13. The van der Waals surface area contributed by atoms with Crippen molar-refractivity contribution in [2.45, 2.75) is 37.5 Å². The smallest absolute Gasteiger partial charge is 0.220 e. The summed E-state index contributed by atoms with van der Waals surface area (Å²) >= 11 is 3.61. The molecule has 2 rings (SSSR count). The molecule has 1 aromatic rings. The Morgan fingerprint density at radius 2 is 2.10 bits per heavy atom. The summed E-state index contributed by atoms with van der Waals surface area (Å²) in [5.41, 5.74) is 1.47. The lowest BCUT2D eigenvalue weighted by Crippen LogP contribution is -2.32. The van der Waals surface area contributed by atoms with Gasteiger partial charge in [0.2, 0.25) is 5.91 Å². The van der Waals surface area contributed by atoms with Crippen LogP contribution in [0.2, 0.25) is 0 Å². The van der Waals surface area contributed by atoms with Gasteiger partial charge in [0.1, 0.15) is 0 Å². The summed E-state index contributed by atoms with van der Waals surface area (Å²) in [6, 6.07) is 8.31. The molecule has 1 fully saturated rings. The number of unbranched alkanes of at least 4 members (excludes halogenated alkanes) is 1. The number of hydrogen-bond donors (Lipinski definition) is 1. The monoisotopic (exact) mass is 339 g/mol. The fourth-order valence-electron chi connectivity index (χ4n) is 2.47. The molecular weight excluding hydrogens is 318 g/mol.